The molecule has 96 valence electrons. The highest BCUT2D eigenvalue weighted by Crippen LogP contribution is 2.29. The lowest BCUT2D eigenvalue weighted by Gasteiger charge is -2.18. The smallest absolute Gasteiger partial charge is 0.404 e. The fourth-order valence-corrected chi connectivity index (χ4v) is 2.06. The van der Waals surface area contributed by atoms with Crippen LogP contribution in [0.3, 0.4) is 0 Å². The number of anilines is 1. The molecule has 8 nitrogen and oxygen atoms in total. The number of hydrogen-bond donors (Lipinski definition) is 2. The maximum atomic E-state index is 10.9. The molecule has 2 heterocycles. The zero-order chi connectivity index (χ0) is 13.1. The van der Waals surface area contributed by atoms with E-state index in [-0.39, 0.29) is 11.7 Å². The lowest BCUT2D eigenvalue weighted by atomic mass is 10.3. The summed E-state index contributed by atoms with van der Waals surface area (Å²) < 4.78 is 0. The Bertz CT molecular complexity index is 479. The maximum Gasteiger partial charge on any atom is 0.404 e. The molecule has 2 rings (SSSR count). The molecule has 1 aliphatic rings. The van der Waals surface area contributed by atoms with Crippen molar-refractivity contribution >= 4 is 17.5 Å². The molecule has 1 unspecified atom stereocenters. The standard InChI is InChI=1S/C10H12N4O4/c15-10(16)12-7-2-4-13(6-7)8-1-3-11-5-9(8)14(17)18/h1,3,5,7,12H,2,4,6H2,(H,15,16). The van der Waals surface area contributed by atoms with Crippen molar-refractivity contribution in [1.29, 1.82) is 0 Å². The molecule has 0 radical (unpaired) electrons. The monoisotopic (exact) mass is 252 g/mol. The molecule has 0 bridgehead atoms. The molecule has 2 N–H and O–H groups in total. The number of pyridine rings is 1. The number of nitro groups is 1. The van der Waals surface area contributed by atoms with Crippen LogP contribution in [0.1, 0.15) is 6.42 Å². The Balaban J connectivity index is 2.14. The molecule has 0 saturated carbocycles. The number of carboxylic acid groups (broad SMARTS) is 1. The van der Waals surface area contributed by atoms with Crippen molar-refractivity contribution in [3.63, 3.8) is 0 Å². The van der Waals surface area contributed by atoms with Crippen LogP contribution in [-0.4, -0.2) is 40.2 Å². The predicted octanol–water partition coefficient (Wildman–Crippen LogP) is 0.836. The largest absolute Gasteiger partial charge is 0.465 e. The van der Waals surface area contributed by atoms with Crippen molar-refractivity contribution in [2.24, 2.45) is 0 Å². The van der Waals surface area contributed by atoms with Gasteiger partial charge in [-0.3, -0.25) is 15.1 Å². The fourth-order valence-electron chi connectivity index (χ4n) is 2.06. The number of hydrogen-bond acceptors (Lipinski definition) is 5. The van der Waals surface area contributed by atoms with Gasteiger partial charge in [0, 0.05) is 19.3 Å². The van der Waals surface area contributed by atoms with Crippen LogP contribution in [-0.2, 0) is 0 Å². The van der Waals surface area contributed by atoms with Crippen molar-refractivity contribution in [2.75, 3.05) is 18.0 Å². The van der Waals surface area contributed by atoms with Crippen LogP contribution in [0.4, 0.5) is 16.2 Å². The van der Waals surface area contributed by atoms with E-state index in [1.54, 1.807) is 11.0 Å². The van der Waals surface area contributed by atoms with Crippen LogP contribution in [0.5, 0.6) is 0 Å². The van der Waals surface area contributed by atoms with E-state index in [1.807, 2.05) is 0 Å². The Labute approximate surface area is 102 Å². The molecular weight excluding hydrogens is 240 g/mol. The first-order chi connectivity index (χ1) is 8.58. The number of nitrogens with zero attached hydrogens (tertiary/aromatic N) is 3. The Hall–Kier alpha value is -2.38. The fraction of sp³-hybridized carbons (Fsp3) is 0.400. The van der Waals surface area contributed by atoms with Gasteiger partial charge in [0.2, 0.25) is 0 Å². The Morgan fingerprint density at radius 1 is 1.67 bits per heavy atom. The summed E-state index contributed by atoms with van der Waals surface area (Å²) in [7, 11) is 0. The highest BCUT2D eigenvalue weighted by molar-refractivity contribution is 5.66. The van der Waals surface area contributed by atoms with Gasteiger partial charge in [0.05, 0.1) is 11.0 Å². The van der Waals surface area contributed by atoms with Gasteiger partial charge in [0.25, 0.3) is 0 Å². The molecular formula is C10H12N4O4. The van der Waals surface area contributed by atoms with E-state index in [2.05, 4.69) is 10.3 Å². The zero-order valence-corrected chi connectivity index (χ0v) is 9.44. The van der Waals surface area contributed by atoms with Gasteiger partial charge in [-0.2, -0.15) is 0 Å². The molecule has 8 heteroatoms. The molecule has 1 saturated heterocycles. The molecule has 1 aromatic rings. The maximum absolute atomic E-state index is 10.9. The van der Waals surface area contributed by atoms with Gasteiger partial charge in [-0.1, -0.05) is 0 Å². The van der Waals surface area contributed by atoms with Crippen molar-refractivity contribution in [3.8, 4) is 0 Å². The topological polar surface area (TPSA) is 109 Å². The van der Waals surface area contributed by atoms with Gasteiger partial charge in [-0.05, 0) is 12.5 Å². The summed E-state index contributed by atoms with van der Waals surface area (Å²) in [5.41, 5.74) is 0.415. The van der Waals surface area contributed by atoms with E-state index in [0.717, 1.165) is 0 Å². The summed E-state index contributed by atoms with van der Waals surface area (Å²) in [6.45, 7) is 1.01. The van der Waals surface area contributed by atoms with Gasteiger partial charge >= 0.3 is 11.8 Å². The third kappa shape index (κ3) is 2.47. The molecule has 1 fully saturated rings. The van der Waals surface area contributed by atoms with Crippen molar-refractivity contribution in [1.82, 2.24) is 10.3 Å². The lowest BCUT2D eigenvalue weighted by Crippen LogP contribution is -2.36. The number of rotatable bonds is 3. The average Bonchev–Trinajstić information content (AvgIpc) is 2.76. The van der Waals surface area contributed by atoms with E-state index in [4.69, 9.17) is 5.11 Å². The molecule has 18 heavy (non-hydrogen) atoms. The van der Waals surface area contributed by atoms with Gasteiger partial charge in [0.15, 0.2) is 0 Å². The molecule has 0 aliphatic carbocycles. The van der Waals surface area contributed by atoms with Crippen molar-refractivity contribution < 1.29 is 14.8 Å². The average molecular weight is 252 g/mol. The summed E-state index contributed by atoms with van der Waals surface area (Å²) in [6, 6.07) is 1.37. The SMILES string of the molecule is O=C(O)NC1CCN(c2ccncc2[N+](=O)[O-])C1. The molecule has 0 spiro atoms. The van der Waals surface area contributed by atoms with Gasteiger partial charge < -0.3 is 15.3 Å². The van der Waals surface area contributed by atoms with E-state index in [1.165, 1.54) is 12.4 Å². The van der Waals surface area contributed by atoms with Crippen LogP contribution in [0.25, 0.3) is 0 Å². The predicted molar refractivity (Wildman–Crippen MR) is 62.7 cm³/mol. The van der Waals surface area contributed by atoms with Crippen LogP contribution >= 0.6 is 0 Å². The quantitative estimate of drug-likeness (QED) is 0.609. The van der Waals surface area contributed by atoms with Crippen LogP contribution in [0.2, 0.25) is 0 Å². The van der Waals surface area contributed by atoms with Crippen LogP contribution in [0.15, 0.2) is 18.5 Å². The van der Waals surface area contributed by atoms with Gasteiger partial charge in [-0.15, -0.1) is 0 Å². The summed E-state index contributed by atoms with van der Waals surface area (Å²) in [5.74, 6) is 0. The van der Waals surface area contributed by atoms with Crippen molar-refractivity contribution in [3.05, 3.63) is 28.6 Å². The number of nitrogens with one attached hydrogen (secondary N) is 1. The van der Waals surface area contributed by atoms with Crippen LogP contribution < -0.4 is 10.2 Å². The Morgan fingerprint density at radius 3 is 3.11 bits per heavy atom. The van der Waals surface area contributed by atoms with E-state index >= 15 is 0 Å². The highest BCUT2D eigenvalue weighted by atomic mass is 16.6. The number of amides is 1. The Morgan fingerprint density at radius 2 is 2.44 bits per heavy atom. The second-order valence-electron chi connectivity index (χ2n) is 4.00. The molecule has 0 aromatic carbocycles. The minimum Gasteiger partial charge on any atom is -0.465 e. The molecule has 1 amide bonds. The third-order valence-corrected chi connectivity index (χ3v) is 2.83. The summed E-state index contributed by atoms with van der Waals surface area (Å²) in [4.78, 5) is 26.4. The second kappa shape index (κ2) is 4.86. The summed E-state index contributed by atoms with van der Waals surface area (Å²) in [6.07, 6.45) is 2.24. The van der Waals surface area contributed by atoms with Gasteiger partial charge in [-0.25, -0.2) is 4.79 Å². The van der Waals surface area contributed by atoms with Crippen molar-refractivity contribution in [2.45, 2.75) is 12.5 Å². The normalized spacial score (nSPS) is 18.7. The first-order valence-electron chi connectivity index (χ1n) is 5.40. The minimum absolute atomic E-state index is 0.0616. The first-order valence-corrected chi connectivity index (χ1v) is 5.40. The minimum atomic E-state index is -1.08. The molecule has 1 aliphatic heterocycles. The number of aromatic nitrogens is 1. The Kier molecular flexibility index (Phi) is 3.26. The molecule has 1 atom stereocenters. The van der Waals surface area contributed by atoms with Gasteiger partial charge in [0.1, 0.15) is 11.9 Å². The summed E-state index contributed by atoms with van der Waals surface area (Å²) in [5, 5.41) is 21.9. The molecule has 1 aromatic heterocycles. The first kappa shape index (κ1) is 12.1. The third-order valence-electron chi connectivity index (χ3n) is 2.83. The second-order valence-corrected chi connectivity index (χ2v) is 4.00. The van der Waals surface area contributed by atoms with E-state index in [0.29, 0.717) is 25.2 Å². The van der Waals surface area contributed by atoms with E-state index in [9.17, 15) is 14.9 Å². The van der Waals surface area contributed by atoms with Crippen LogP contribution in [0, 0.1) is 10.1 Å². The lowest BCUT2D eigenvalue weighted by molar-refractivity contribution is -0.384. The zero-order valence-electron chi connectivity index (χ0n) is 9.44. The number of carbonyl (C=O) groups is 1. The van der Waals surface area contributed by atoms with E-state index < -0.39 is 11.0 Å². The summed E-state index contributed by atoms with van der Waals surface area (Å²) >= 11 is 0. The highest BCUT2D eigenvalue weighted by Gasteiger charge is 2.28.